The average molecular weight is 453 g/mol. The minimum atomic E-state index is -0.471. The van der Waals surface area contributed by atoms with Gasteiger partial charge in [-0.15, -0.1) is 0 Å². The number of carbonyl (C=O) groups excluding carboxylic acids is 1. The van der Waals surface area contributed by atoms with Crippen LogP contribution in [0.1, 0.15) is 35.5 Å². The summed E-state index contributed by atoms with van der Waals surface area (Å²) in [6, 6.07) is 17.3. The zero-order valence-electron chi connectivity index (χ0n) is 19.0. The van der Waals surface area contributed by atoms with Gasteiger partial charge in [0.2, 0.25) is 5.91 Å². The molecule has 4 nitrogen and oxygen atoms in total. The molecule has 0 aliphatic heterocycles. The first-order valence-electron chi connectivity index (χ1n) is 11.5. The summed E-state index contributed by atoms with van der Waals surface area (Å²) in [5.74, 6) is 1.09. The number of hydrogen-bond acceptors (Lipinski definition) is 3. The van der Waals surface area contributed by atoms with Gasteiger partial charge in [-0.2, -0.15) is 0 Å². The second-order valence-electron chi connectivity index (χ2n) is 8.91. The Hall–Kier alpha value is -2.99. The first-order chi connectivity index (χ1) is 16.0. The highest BCUT2D eigenvalue weighted by Gasteiger charge is 2.27. The largest absolute Gasteiger partial charge is 0.464 e. The van der Waals surface area contributed by atoms with Crippen LogP contribution in [0.5, 0.6) is 0 Å². The minimum absolute atomic E-state index is 0.0440. The van der Waals surface area contributed by atoms with E-state index in [0.29, 0.717) is 25.6 Å². The van der Waals surface area contributed by atoms with Crippen molar-refractivity contribution in [3.8, 4) is 0 Å². The van der Waals surface area contributed by atoms with Gasteiger partial charge in [0, 0.05) is 25.2 Å². The molecule has 0 N–H and O–H groups in total. The Balaban J connectivity index is 1.47. The Kier molecular flexibility index (Phi) is 7.55. The van der Waals surface area contributed by atoms with Crippen molar-refractivity contribution in [1.29, 1.82) is 0 Å². The fourth-order valence-electron chi connectivity index (χ4n) is 4.01. The van der Waals surface area contributed by atoms with Crippen molar-refractivity contribution >= 4 is 5.91 Å². The third kappa shape index (κ3) is 6.99. The second kappa shape index (κ2) is 10.8. The molecule has 0 unspecified atom stereocenters. The molecule has 0 saturated heterocycles. The van der Waals surface area contributed by atoms with Crippen LogP contribution in [0.2, 0.25) is 0 Å². The molecule has 6 heteroatoms. The number of nitrogens with zero attached hydrogens (tertiary/aromatic N) is 2. The molecule has 1 fully saturated rings. The molecule has 1 aliphatic rings. The van der Waals surface area contributed by atoms with Crippen LogP contribution < -0.4 is 0 Å². The van der Waals surface area contributed by atoms with E-state index in [9.17, 15) is 13.6 Å². The molecule has 1 heterocycles. The maximum absolute atomic E-state index is 14.3. The van der Waals surface area contributed by atoms with Gasteiger partial charge in [0.05, 0.1) is 13.1 Å². The highest BCUT2D eigenvalue weighted by molar-refractivity contribution is 5.78. The predicted octanol–water partition coefficient (Wildman–Crippen LogP) is 5.35. The van der Waals surface area contributed by atoms with Gasteiger partial charge in [0.15, 0.2) is 0 Å². The molecular formula is C27H30F2N2O2. The first kappa shape index (κ1) is 23.2. The fraction of sp³-hybridized carbons (Fsp3) is 0.370. The minimum Gasteiger partial charge on any atom is -0.464 e. The summed E-state index contributed by atoms with van der Waals surface area (Å²) in [5, 5.41) is 0. The summed E-state index contributed by atoms with van der Waals surface area (Å²) in [7, 11) is 0. The Morgan fingerprint density at radius 3 is 2.52 bits per heavy atom. The van der Waals surface area contributed by atoms with Crippen LogP contribution in [0, 0.1) is 24.5 Å². The Labute approximate surface area is 193 Å². The van der Waals surface area contributed by atoms with E-state index in [2.05, 4.69) is 0 Å². The van der Waals surface area contributed by atoms with E-state index in [-0.39, 0.29) is 24.6 Å². The van der Waals surface area contributed by atoms with Crippen molar-refractivity contribution in [1.82, 2.24) is 9.80 Å². The molecule has 1 aliphatic carbocycles. The first-order valence-corrected chi connectivity index (χ1v) is 11.5. The van der Waals surface area contributed by atoms with Crippen LogP contribution in [0.25, 0.3) is 0 Å². The number of benzene rings is 2. The molecule has 1 saturated carbocycles. The lowest BCUT2D eigenvalue weighted by atomic mass is 10.1. The Morgan fingerprint density at radius 1 is 1.03 bits per heavy atom. The van der Waals surface area contributed by atoms with Gasteiger partial charge in [-0.05, 0) is 68.0 Å². The van der Waals surface area contributed by atoms with Crippen molar-refractivity contribution in [2.24, 2.45) is 5.92 Å². The maximum Gasteiger partial charge on any atom is 0.237 e. The summed E-state index contributed by atoms with van der Waals surface area (Å²) in [6.07, 6.45) is 2.95. The smallest absolute Gasteiger partial charge is 0.237 e. The maximum atomic E-state index is 14.3. The molecule has 4 rings (SSSR count). The van der Waals surface area contributed by atoms with Crippen molar-refractivity contribution in [2.75, 3.05) is 19.6 Å². The molecular weight excluding hydrogens is 422 g/mol. The number of amides is 1. The fourth-order valence-corrected chi connectivity index (χ4v) is 4.01. The number of halogens is 2. The van der Waals surface area contributed by atoms with Gasteiger partial charge in [-0.1, -0.05) is 30.3 Å². The average Bonchev–Trinajstić information content (AvgIpc) is 3.52. The summed E-state index contributed by atoms with van der Waals surface area (Å²) < 4.78 is 33.7. The van der Waals surface area contributed by atoms with Gasteiger partial charge in [0.1, 0.15) is 23.2 Å². The van der Waals surface area contributed by atoms with Crippen molar-refractivity contribution in [3.05, 3.63) is 94.9 Å². The van der Waals surface area contributed by atoms with E-state index in [0.717, 1.165) is 48.5 Å². The molecule has 1 aromatic heterocycles. The van der Waals surface area contributed by atoms with Gasteiger partial charge < -0.3 is 9.32 Å². The van der Waals surface area contributed by atoms with E-state index in [1.54, 1.807) is 4.90 Å². The summed E-state index contributed by atoms with van der Waals surface area (Å²) >= 11 is 0. The zero-order valence-corrected chi connectivity index (χ0v) is 19.0. The molecule has 0 bridgehead atoms. The molecule has 0 spiro atoms. The number of furan rings is 1. The van der Waals surface area contributed by atoms with Crippen LogP contribution >= 0.6 is 0 Å². The van der Waals surface area contributed by atoms with Crippen molar-refractivity contribution in [3.63, 3.8) is 0 Å². The van der Waals surface area contributed by atoms with Crippen LogP contribution in [0.15, 0.2) is 65.1 Å². The van der Waals surface area contributed by atoms with E-state index in [1.807, 2.05) is 54.3 Å². The van der Waals surface area contributed by atoms with Gasteiger partial charge in [-0.25, -0.2) is 8.78 Å². The van der Waals surface area contributed by atoms with Crippen molar-refractivity contribution < 1.29 is 18.0 Å². The third-order valence-electron chi connectivity index (χ3n) is 5.98. The number of hydrogen-bond donors (Lipinski definition) is 0. The van der Waals surface area contributed by atoms with Gasteiger partial charge in [-0.3, -0.25) is 9.69 Å². The van der Waals surface area contributed by atoms with E-state index >= 15 is 0 Å². The monoisotopic (exact) mass is 452 g/mol. The number of aryl methyl sites for hydroxylation is 1. The summed E-state index contributed by atoms with van der Waals surface area (Å²) in [4.78, 5) is 17.1. The topological polar surface area (TPSA) is 36.7 Å². The Bertz CT molecular complexity index is 1060. The highest BCUT2D eigenvalue weighted by atomic mass is 19.1. The van der Waals surface area contributed by atoms with Crippen LogP contribution in [0.3, 0.4) is 0 Å². The lowest BCUT2D eigenvalue weighted by Gasteiger charge is -2.27. The number of rotatable bonds is 11. The predicted molar refractivity (Wildman–Crippen MR) is 123 cm³/mol. The molecule has 3 aromatic rings. The standard InChI is InChI=1S/C27H30F2N2O2/c1-20-7-11-25(33-20)18-31(14-13-21-5-3-2-4-6-21)27(32)19-30(16-22-8-9-22)17-23-15-24(28)10-12-26(23)29/h2-7,10-12,15,22H,8-9,13-14,16-19H2,1H3. The zero-order chi connectivity index (χ0) is 23.2. The second-order valence-corrected chi connectivity index (χ2v) is 8.91. The van der Waals surface area contributed by atoms with Crippen LogP contribution in [-0.2, 0) is 24.3 Å². The molecule has 2 aromatic carbocycles. The highest BCUT2D eigenvalue weighted by Crippen LogP contribution is 2.30. The molecule has 0 atom stereocenters. The van der Waals surface area contributed by atoms with E-state index < -0.39 is 11.6 Å². The lowest BCUT2D eigenvalue weighted by Crippen LogP contribution is -2.41. The van der Waals surface area contributed by atoms with Crippen molar-refractivity contribution in [2.45, 2.75) is 39.3 Å². The van der Waals surface area contributed by atoms with Crippen LogP contribution in [-0.4, -0.2) is 35.3 Å². The van der Waals surface area contributed by atoms with Gasteiger partial charge in [0.25, 0.3) is 0 Å². The van der Waals surface area contributed by atoms with Crippen LogP contribution in [0.4, 0.5) is 8.78 Å². The molecule has 0 radical (unpaired) electrons. The van der Waals surface area contributed by atoms with Gasteiger partial charge >= 0.3 is 0 Å². The summed E-state index contributed by atoms with van der Waals surface area (Å²) in [6.45, 7) is 3.87. The third-order valence-corrected chi connectivity index (χ3v) is 5.98. The molecule has 33 heavy (non-hydrogen) atoms. The quantitative estimate of drug-likeness (QED) is 0.394. The number of carbonyl (C=O) groups is 1. The van der Waals surface area contributed by atoms with E-state index in [1.165, 1.54) is 6.07 Å². The molecule has 1 amide bonds. The lowest BCUT2D eigenvalue weighted by molar-refractivity contribution is -0.133. The normalized spacial score (nSPS) is 13.5. The van der Waals surface area contributed by atoms with E-state index in [4.69, 9.17) is 4.42 Å². The summed E-state index contributed by atoms with van der Waals surface area (Å²) in [5.41, 5.74) is 1.43. The molecule has 174 valence electrons. The SMILES string of the molecule is Cc1ccc(CN(CCc2ccccc2)C(=O)CN(Cc2cc(F)ccc2F)CC2CC2)o1. The Morgan fingerprint density at radius 2 is 1.82 bits per heavy atom.